The first-order chi connectivity index (χ1) is 18.8. The second-order valence-electron chi connectivity index (χ2n) is 10.1. The quantitative estimate of drug-likeness (QED) is 0.216. The predicted molar refractivity (Wildman–Crippen MR) is 157 cm³/mol. The van der Waals surface area contributed by atoms with Crippen molar-refractivity contribution in [3.63, 3.8) is 0 Å². The summed E-state index contributed by atoms with van der Waals surface area (Å²) >= 11 is 0. The zero-order valence-corrected chi connectivity index (χ0v) is 20.4. The van der Waals surface area contributed by atoms with Gasteiger partial charge in [0.1, 0.15) is 22.7 Å². The Hall–Kier alpha value is -5.08. The molecule has 9 rings (SSSR count). The van der Waals surface area contributed by atoms with Crippen LogP contribution >= 0.6 is 0 Å². The van der Waals surface area contributed by atoms with Crippen LogP contribution in [0, 0.1) is 0 Å². The molecule has 1 aromatic heterocycles. The molecule has 0 fully saturated rings. The molecule has 1 aliphatic heterocycles. The lowest BCUT2D eigenvalue weighted by molar-refractivity contribution is 0.487. The summed E-state index contributed by atoms with van der Waals surface area (Å²) in [5, 5.41) is 9.50. The van der Waals surface area contributed by atoms with Gasteiger partial charge in [-0.15, -0.1) is 0 Å². The first kappa shape index (κ1) is 20.0. The molecule has 0 saturated carbocycles. The Balaban J connectivity index is 1.34. The van der Waals surface area contributed by atoms with E-state index in [0.717, 1.165) is 55.5 Å². The van der Waals surface area contributed by atoms with Crippen molar-refractivity contribution < 1.29 is 9.15 Å². The summed E-state index contributed by atoms with van der Waals surface area (Å²) in [7, 11) is 0. The third kappa shape index (κ3) is 2.61. The minimum Gasteiger partial charge on any atom is -0.456 e. The SMILES string of the molecule is c1ccc2c(c1)cc1c3c(cccc32)Oc2ccc(-c3cccc4oc5c6ccccc6ccc5c34)cc2-1. The maximum Gasteiger partial charge on any atom is 0.143 e. The molecule has 0 N–H and O–H groups in total. The van der Waals surface area contributed by atoms with Crippen LogP contribution in [0.3, 0.4) is 0 Å². The number of furan rings is 1. The van der Waals surface area contributed by atoms with Crippen LogP contribution in [-0.2, 0) is 0 Å². The minimum atomic E-state index is 0.888. The molecule has 0 radical (unpaired) electrons. The molecule has 7 aromatic carbocycles. The number of ether oxygens (including phenoxy) is 1. The smallest absolute Gasteiger partial charge is 0.143 e. The molecule has 2 heteroatoms. The molecule has 0 bridgehead atoms. The van der Waals surface area contributed by atoms with Crippen LogP contribution < -0.4 is 4.74 Å². The molecule has 0 saturated heterocycles. The molecule has 0 atom stereocenters. The van der Waals surface area contributed by atoms with Gasteiger partial charge < -0.3 is 9.15 Å². The van der Waals surface area contributed by atoms with Gasteiger partial charge in [0.15, 0.2) is 0 Å². The van der Waals surface area contributed by atoms with E-state index in [-0.39, 0.29) is 0 Å². The normalized spacial score (nSPS) is 12.4. The standard InChI is InChI=1S/C36H20O2/c1-4-10-26-21(7-1)15-17-28-34-25(11-5-14-33(34)38-36(26)28)23-16-18-31-29(19-23)30-20-22-8-2-3-9-24(22)27-12-6-13-32(37-31)35(27)30/h1-20H. The minimum absolute atomic E-state index is 0.888. The number of rotatable bonds is 1. The summed E-state index contributed by atoms with van der Waals surface area (Å²) in [4.78, 5) is 0. The molecule has 2 heterocycles. The van der Waals surface area contributed by atoms with E-state index < -0.39 is 0 Å². The van der Waals surface area contributed by atoms with E-state index in [9.17, 15) is 0 Å². The maximum atomic E-state index is 6.46. The molecule has 38 heavy (non-hydrogen) atoms. The Labute approximate surface area is 218 Å². The highest BCUT2D eigenvalue weighted by Gasteiger charge is 2.23. The second-order valence-corrected chi connectivity index (χ2v) is 10.1. The van der Waals surface area contributed by atoms with E-state index in [4.69, 9.17) is 9.15 Å². The van der Waals surface area contributed by atoms with Crippen molar-refractivity contribution in [1.82, 2.24) is 0 Å². The Morgan fingerprint density at radius 1 is 0.421 bits per heavy atom. The molecule has 1 aliphatic rings. The first-order valence-corrected chi connectivity index (χ1v) is 12.9. The van der Waals surface area contributed by atoms with E-state index in [1.165, 1.54) is 32.5 Å². The Morgan fingerprint density at radius 3 is 2.18 bits per heavy atom. The van der Waals surface area contributed by atoms with E-state index >= 15 is 0 Å². The zero-order chi connectivity index (χ0) is 24.8. The van der Waals surface area contributed by atoms with Crippen LogP contribution in [0.4, 0.5) is 0 Å². The van der Waals surface area contributed by atoms with Crippen LogP contribution in [0.2, 0.25) is 0 Å². The molecule has 0 amide bonds. The summed E-state index contributed by atoms with van der Waals surface area (Å²) in [6, 6.07) is 43.0. The van der Waals surface area contributed by atoms with Crippen molar-refractivity contribution in [3.8, 4) is 33.8 Å². The fraction of sp³-hybridized carbons (Fsp3) is 0. The fourth-order valence-corrected chi connectivity index (χ4v) is 6.34. The van der Waals surface area contributed by atoms with Gasteiger partial charge in [0.2, 0.25) is 0 Å². The molecular formula is C36H20O2. The Bertz CT molecular complexity index is 2270. The summed E-state index contributed by atoms with van der Waals surface area (Å²) in [5.74, 6) is 1.80. The van der Waals surface area contributed by atoms with E-state index in [2.05, 4.69) is 121 Å². The third-order valence-electron chi connectivity index (χ3n) is 8.03. The molecule has 8 aromatic rings. The van der Waals surface area contributed by atoms with Crippen LogP contribution in [0.15, 0.2) is 126 Å². The Morgan fingerprint density at radius 2 is 1.24 bits per heavy atom. The third-order valence-corrected chi connectivity index (χ3v) is 8.03. The van der Waals surface area contributed by atoms with E-state index in [1.54, 1.807) is 0 Å². The molecule has 176 valence electrons. The first-order valence-electron chi connectivity index (χ1n) is 12.9. The highest BCUT2D eigenvalue weighted by molar-refractivity contribution is 6.20. The van der Waals surface area contributed by atoms with Crippen LogP contribution in [-0.4, -0.2) is 0 Å². The fourth-order valence-electron chi connectivity index (χ4n) is 6.34. The van der Waals surface area contributed by atoms with Gasteiger partial charge in [-0.25, -0.2) is 0 Å². The lowest BCUT2D eigenvalue weighted by atomic mass is 9.89. The van der Waals surface area contributed by atoms with Crippen LogP contribution in [0.1, 0.15) is 0 Å². The summed E-state index contributed by atoms with van der Waals surface area (Å²) in [6.07, 6.45) is 0. The van der Waals surface area contributed by atoms with Gasteiger partial charge in [-0.2, -0.15) is 0 Å². The Kier molecular flexibility index (Phi) is 3.82. The van der Waals surface area contributed by atoms with Gasteiger partial charge >= 0.3 is 0 Å². The maximum absolute atomic E-state index is 6.46. The molecule has 0 spiro atoms. The highest BCUT2D eigenvalue weighted by atomic mass is 16.5. The van der Waals surface area contributed by atoms with Crippen LogP contribution in [0.5, 0.6) is 11.5 Å². The van der Waals surface area contributed by atoms with Crippen molar-refractivity contribution in [2.24, 2.45) is 0 Å². The number of benzene rings is 7. The highest BCUT2D eigenvalue weighted by Crippen LogP contribution is 2.50. The lowest BCUT2D eigenvalue weighted by Gasteiger charge is -2.23. The number of hydrogen-bond donors (Lipinski definition) is 0. The van der Waals surface area contributed by atoms with E-state index in [1.807, 2.05) is 0 Å². The van der Waals surface area contributed by atoms with Gasteiger partial charge in [-0.1, -0.05) is 84.9 Å². The van der Waals surface area contributed by atoms with Gasteiger partial charge in [0.05, 0.1) is 0 Å². The summed E-state index contributed by atoms with van der Waals surface area (Å²) in [6.45, 7) is 0. The summed E-state index contributed by atoms with van der Waals surface area (Å²) in [5.41, 5.74) is 6.49. The van der Waals surface area contributed by atoms with Crippen molar-refractivity contribution in [1.29, 1.82) is 0 Å². The van der Waals surface area contributed by atoms with Gasteiger partial charge in [-0.3, -0.25) is 0 Å². The monoisotopic (exact) mass is 484 g/mol. The van der Waals surface area contributed by atoms with Crippen molar-refractivity contribution in [2.45, 2.75) is 0 Å². The van der Waals surface area contributed by atoms with Crippen molar-refractivity contribution >= 4 is 54.3 Å². The van der Waals surface area contributed by atoms with Crippen molar-refractivity contribution in [2.75, 3.05) is 0 Å². The average Bonchev–Trinajstić information content (AvgIpc) is 3.37. The van der Waals surface area contributed by atoms with Gasteiger partial charge in [0.25, 0.3) is 0 Å². The van der Waals surface area contributed by atoms with Gasteiger partial charge in [-0.05, 0) is 74.6 Å². The van der Waals surface area contributed by atoms with Gasteiger partial charge in [0, 0.05) is 27.1 Å². The average molecular weight is 485 g/mol. The molecule has 0 aliphatic carbocycles. The molecule has 0 unspecified atom stereocenters. The van der Waals surface area contributed by atoms with Crippen LogP contribution in [0.25, 0.3) is 76.5 Å². The van der Waals surface area contributed by atoms with E-state index in [0.29, 0.717) is 0 Å². The second kappa shape index (κ2) is 7.24. The zero-order valence-electron chi connectivity index (χ0n) is 20.4. The molecular weight excluding hydrogens is 464 g/mol. The number of hydrogen-bond acceptors (Lipinski definition) is 2. The predicted octanol–water partition coefficient (Wildman–Crippen LogP) is 10.5. The number of fused-ring (bicyclic) bond motifs is 9. The topological polar surface area (TPSA) is 22.4 Å². The lowest BCUT2D eigenvalue weighted by Crippen LogP contribution is -1.98. The largest absolute Gasteiger partial charge is 0.456 e. The molecule has 2 nitrogen and oxygen atoms in total. The van der Waals surface area contributed by atoms with Crippen molar-refractivity contribution in [3.05, 3.63) is 121 Å². The summed E-state index contributed by atoms with van der Waals surface area (Å²) < 4.78 is 12.9.